The molecule has 1 saturated heterocycles. The van der Waals surface area contributed by atoms with Gasteiger partial charge >= 0.3 is 0 Å². The monoisotopic (exact) mass is 394 g/mol. The molecule has 148 valence electrons. The fraction of sp³-hybridized carbons (Fsp3) is 0.611. The average molecular weight is 394 g/mol. The Balaban J connectivity index is 1.79. The quantitative estimate of drug-likeness (QED) is 0.648. The van der Waals surface area contributed by atoms with Crippen molar-refractivity contribution in [2.45, 2.75) is 37.4 Å². The molecule has 3 rings (SSSR count). The summed E-state index contributed by atoms with van der Waals surface area (Å²) in [5.41, 5.74) is 5.47. The van der Waals surface area contributed by atoms with E-state index in [1.54, 1.807) is 0 Å². The van der Waals surface area contributed by atoms with Crippen molar-refractivity contribution in [1.82, 2.24) is 15.1 Å². The standard InChI is InChI=1S/C18H26N4O4S/c1-26-11-16(23)21-10-13(9-14(21)17(24)20-7-6-19)22(12-4-5-12)18(25)15-3-2-8-27-15/h2-3,8,12-14H,4-7,9-11,19H2,1H3,(H,20,24). The van der Waals surface area contributed by atoms with Crippen molar-refractivity contribution < 1.29 is 19.1 Å². The maximum atomic E-state index is 13.0. The molecule has 1 aliphatic carbocycles. The van der Waals surface area contributed by atoms with Gasteiger partial charge in [-0.2, -0.15) is 0 Å². The highest BCUT2D eigenvalue weighted by atomic mass is 32.1. The van der Waals surface area contributed by atoms with Gasteiger partial charge in [-0.25, -0.2) is 0 Å². The van der Waals surface area contributed by atoms with E-state index < -0.39 is 6.04 Å². The molecule has 1 aliphatic heterocycles. The smallest absolute Gasteiger partial charge is 0.264 e. The number of nitrogens with two attached hydrogens (primary N) is 1. The number of hydrogen-bond donors (Lipinski definition) is 2. The van der Waals surface area contributed by atoms with Gasteiger partial charge in [0.25, 0.3) is 5.91 Å². The van der Waals surface area contributed by atoms with E-state index >= 15 is 0 Å². The molecule has 1 aromatic heterocycles. The van der Waals surface area contributed by atoms with E-state index in [4.69, 9.17) is 10.5 Å². The number of thiophene rings is 1. The minimum absolute atomic E-state index is 0.0142. The van der Waals surface area contributed by atoms with Gasteiger partial charge in [0.2, 0.25) is 11.8 Å². The van der Waals surface area contributed by atoms with Crippen LogP contribution in [-0.4, -0.2) is 79.0 Å². The number of amides is 3. The van der Waals surface area contributed by atoms with Crippen LogP contribution in [-0.2, 0) is 14.3 Å². The molecule has 2 atom stereocenters. The molecule has 27 heavy (non-hydrogen) atoms. The second kappa shape index (κ2) is 8.81. The van der Waals surface area contributed by atoms with Gasteiger partial charge in [0.05, 0.1) is 10.9 Å². The Labute approximate surface area is 162 Å². The summed E-state index contributed by atoms with van der Waals surface area (Å²) in [6.07, 6.45) is 2.35. The lowest BCUT2D eigenvalue weighted by molar-refractivity contribution is -0.141. The van der Waals surface area contributed by atoms with Crippen LogP contribution in [0, 0.1) is 0 Å². The van der Waals surface area contributed by atoms with Crippen molar-refractivity contribution in [3.05, 3.63) is 22.4 Å². The molecule has 9 heteroatoms. The predicted octanol–water partition coefficient (Wildman–Crippen LogP) is 0.0435. The van der Waals surface area contributed by atoms with E-state index in [1.807, 2.05) is 22.4 Å². The fourth-order valence-electron chi connectivity index (χ4n) is 3.57. The van der Waals surface area contributed by atoms with Crippen molar-refractivity contribution >= 4 is 29.1 Å². The molecule has 8 nitrogen and oxygen atoms in total. The van der Waals surface area contributed by atoms with Crippen LogP contribution < -0.4 is 11.1 Å². The molecular weight excluding hydrogens is 368 g/mol. The van der Waals surface area contributed by atoms with Crippen molar-refractivity contribution in [1.29, 1.82) is 0 Å². The first kappa shape index (κ1) is 19.8. The normalized spacial score (nSPS) is 21.9. The van der Waals surface area contributed by atoms with E-state index in [9.17, 15) is 14.4 Å². The molecule has 2 aliphatic rings. The third-order valence-electron chi connectivity index (χ3n) is 4.91. The number of carbonyl (C=O) groups excluding carboxylic acids is 3. The van der Waals surface area contributed by atoms with Gasteiger partial charge in [-0.3, -0.25) is 14.4 Å². The highest BCUT2D eigenvalue weighted by molar-refractivity contribution is 7.12. The molecule has 3 amide bonds. The molecular formula is C18H26N4O4S. The first-order valence-corrected chi connectivity index (χ1v) is 10.1. The lowest BCUT2D eigenvalue weighted by Crippen LogP contribution is -2.48. The zero-order chi connectivity index (χ0) is 19.4. The van der Waals surface area contributed by atoms with Crippen LogP contribution in [0.4, 0.5) is 0 Å². The summed E-state index contributed by atoms with van der Waals surface area (Å²) in [4.78, 5) is 42.2. The summed E-state index contributed by atoms with van der Waals surface area (Å²) in [7, 11) is 1.45. The second-order valence-corrected chi connectivity index (χ2v) is 7.83. The molecule has 3 N–H and O–H groups in total. The number of hydrogen-bond acceptors (Lipinski definition) is 6. The van der Waals surface area contributed by atoms with Crippen LogP contribution in [0.5, 0.6) is 0 Å². The molecule has 2 fully saturated rings. The van der Waals surface area contributed by atoms with Gasteiger partial charge in [-0.15, -0.1) is 11.3 Å². The Bertz CT molecular complexity index is 677. The third-order valence-corrected chi connectivity index (χ3v) is 5.77. The molecule has 0 spiro atoms. The number of nitrogens with zero attached hydrogens (tertiary/aromatic N) is 2. The van der Waals surface area contributed by atoms with Crippen LogP contribution >= 0.6 is 11.3 Å². The number of nitrogens with one attached hydrogen (secondary N) is 1. The Morgan fingerprint density at radius 1 is 1.37 bits per heavy atom. The van der Waals surface area contributed by atoms with Crippen molar-refractivity contribution in [3.63, 3.8) is 0 Å². The lowest BCUT2D eigenvalue weighted by Gasteiger charge is -2.28. The van der Waals surface area contributed by atoms with E-state index in [-0.39, 0.29) is 36.4 Å². The van der Waals surface area contributed by atoms with Crippen LogP contribution in [0.15, 0.2) is 17.5 Å². The summed E-state index contributed by atoms with van der Waals surface area (Å²) < 4.78 is 4.97. The van der Waals surface area contributed by atoms with E-state index in [0.29, 0.717) is 30.9 Å². The lowest BCUT2D eigenvalue weighted by atomic mass is 10.1. The third kappa shape index (κ3) is 4.48. The minimum Gasteiger partial charge on any atom is -0.375 e. The Kier molecular flexibility index (Phi) is 6.46. The SMILES string of the molecule is COCC(=O)N1CC(N(C(=O)c2cccs2)C2CC2)CC1C(=O)NCCN. The summed E-state index contributed by atoms with van der Waals surface area (Å²) >= 11 is 1.41. The Morgan fingerprint density at radius 3 is 2.74 bits per heavy atom. The largest absolute Gasteiger partial charge is 0.375 e. The zero-order valence-electron chi connectivity index (χ0n) is 15.4. The van der Waals surface area contributed by atoms with Crippen LogP contribution in [0.1, 0.15) is 28.9 Å². The van der Waals surface area contributed by atoms with E-state index in [0.717, 1.165) is 12.8 Å². The number of methoxy groups -OCH3 is 1. The van der Waals surface area contributed by atoms with Gasteiger partial charge < -0.3 is 25.6 Å². The first-order chi connectivity index (χ1) is 13.1. The van der Waals surface area contributed by atoms with Gasteiger partial charge in [0.1, 0.15) is 12.6 Å². The molecule has 1 aromatic rings. The number of carbonyl (C=O) groups is 3. The van der Waals surface area contributed by atoms with Crippen molar-refractivity contribution in [2.24, 2.45) is 5.73 Å². The fourth-order valence-corrected chi connectivity index (χ4v) is 4.24. The zero-order valence-corrected chi connectivity index (χ0v) is 16.2. The number of likely N-dealkylation sites (tertiary alicyclic amines) is 1. The highest BCUT2D eigenvalue weighted by Crippen LogP contribution is 2.35. The van der Waals surface area contributed by atoms with Crippen molar-refractivity contribution in [2.75, 3.05) is 33.4 Å². The minimum atomic E-state index is -0.610. The number of ether oxygens (including phenoxy) is 1. The van der Waals surface area contributed by atoms with Crippen molar-refractivity contribution in [3.8, 4) is 0 Å². The van der Waals surface area contributed by atoms with Gasteiger partial charge in [0.15, 0.2) is 0 Å². The van der Waals surface area contributed by atoms with Gasteiger partial charge in [-0.1, -0.05) is 6.07 Å². The molecule has 0 radical (unpaired) electrons. The summed E-state index contributed by atoms with van der Waals surface area (Å²) in [5, 5.41) is 4.64. The molecule has 2 unspecified atom stereocenters. The summed E-state index contributed by atoms with van der Waals surface area (Å²) in [6, 6.07) is 3.07. The maximum Gasteiger partial charge on any atom is 0.264 e. The Morgan fingerprint density at radius 2 is 2.15 bits per heavy atom. The van der Waals surface area contributed by atoms with E-state index in [1.165, 1.54) is 23.3 Å². The van der Waals surface area contributed by atoms with Crippen LogP contribution in [0.25, 0.3) is 0 Å². The second-order valence-electron chi connectivity index (χ2n) is 6.89. The topological polar surface area (TPSA) is 105 Å². The van der Waals surface area contributed by atoms with Crippen LogP contribution in [0.3, 0.4) is 0 Å². The molecule has 0 bridgehead atoms. The van der Waals surface area contributed by atoms with Gasteiger partial charge in [-0.05, 0) is 30.7 Å². The number of rotatable bonds is 8. The highest BCUT2D eigenvalue weighted by Gasteiger charge is 2.46. The first-order valence-electron chi connectivity index (χ1n) is 9.19. The summed E-state index contributed by atoms with van der Waals surface area (Å²) in [5.74, 6) is -0.487. The maximum absolute atomic E-state index is 13.0. The van der Waals surface area contributed by atoms with Crippen LogP contribution in [0.2, 0.25) is 0 Å². The van der Waals surface area contributed by atoms with E-state index in [2.05, 4.69) is 5.32 Å². The Hall–Kier alpha value is -1.97. The average Bonchev–Trinajstić information content (AvgIpc) is 3.16. The predicted molar refractivity (Wildman–Crippen MR) is 101 cm³/mol. The summed E-state index contributed by atoms with van der Waals surface area (Å²) in [6.45, 7) is 0.942. The molecule has 2 heterocycles. The molecule has 0 aromatic carbocycles. The molecule has 1 saturated carbocycles. The van der Waals surface area contributed by atoms with Gasteiger partial charge in [0, 0.05) is 32.8 Å².